The Kier molecular flexibility index (Phi) is 7.52. The molecule has 0 aromatic rings. The van der Waals surface area contributed by atoms with Gasteiger partial charge in [-0.25, -0.2) is 0 Å². The highest BCUT2D eigenvalue weighted by Crippen LogP contribution is 2.22. The van der Waals surface area contributed by atoms with E-state index in [4.69, 9.17) is 0 Å². The zero-order valence-corrected chi connectivity index (χ0v) is 15.4. The van der Waals surface area contributed by atoms with Crippen LogP contribution in [0.4, 0.5) is 0 Å². The van der Waals surface area contributed by atoms with Gasteiger partial charge in [0.2, 0.25) is 11.8 Å². The van der Waals surface area contributed by atoms with Gasteiger partial charge in [-0.1, -0.05) is 20.8 Å². The highest BCUT2D eigenvalue weighted by molar-refractivity contribution is 5.81. The van der Waals surface area contributed by atoms with Crippen molar-refractivity contribution in [2.45, 2.75) is 77.9 Å². The number of amides is 2. The lowest BCUT2D eigenvalue weighted by atomic mass is 9.90. The molecule has 1 heterocycles. The monoisotopic (exact) mass is 326 g/mol. The molecule has 5 nitrogen and oxygen atoms in total. The SMILES string of the molecule is CC(C)C1CC(=O)N(C)CCC[C@@](C)(O)CCC[C@@H](C)C(=O)N1. The van der Waals surface area contributed by atoms with Gasteiger partial charge in [-0.15, -0.1) is 0 Å². The molecule has 1 unspecified atom stereocenters. The highest BCUT2D eigenvalue weighted by Gasteiger charge is 2.26. The van der Waals surface area contributed by atoms with Crippen LogP contribution in [-0.2, 0) is 9.59 Å². The molecule has 0 bridgehead atoms. The minimum Gasteiger partial charge on any atom is -0.390 e. The first-order chi connectivity index (χ1) is 10.6. The number of carbonyl (C=O) groups excluding carboxylic acids is 2. The van der Waals surface area contributed by atoms with E-state index in [9.17, 15) is 14.7 Å². The van der Waals surface area contributed by atoms with Crippen LogP contribution in [0.3, 0.4) is 0 Å². The highest BCUT2D eigenvalue weighted by atomic mass is 16.3. The molecule has 1 aliphatic rings. The minimum absolute atomic E-state index is 0.0101. The van der Waals surface area contributed by atoms with E-state index in [2.05, 4.69) is 5.32 Å². The van der Waals surface area contributed by atoms with Crippen LogP contribution in [0.25, 0.3) is 0 Å². The molecule has 0 aromatic heterocycles. The molecule has 23 heavy (non-hydrogen) atoms. The molecule has 3 atom stereocenters. The van der Waals surface area contributed by atoms with Gasteiger partial charge in [0.05, 0.1) is 5.60 Å². The predicted molar refractivity (Wildman–Crippen MR) is 91.9 cm³/mol. The fraction of sp³-hybridized carbons (Fsp3) is 0.889. The lowest BCUT2D eigenvalue weighted by molar-refractivity contribution is -0.132. The molecule has 0 radical (unpaired) electrons. The molecule has 0 aromatic carbocycles. The van der Waals surface area contributed by atoms with Gasteiger partial charge in [0.1, 0.15) is 0 Å². The number of hydrogen-bond donors (Lipinski definition) is 2. The molecule has 1 fully saturated rings. The van der Waals surface area contributed by atoms with Crippen molar-refractivity contribution < 1.29 is 14.7 Å². The molecule has 134 valence electrons. The molecule has 0 saturated carbocycles. The first-order valence-electron chi connectivity index (χ1n) is 8.89. The summed E-state index contributed by atoms with van der Waals surface area (Å²) >= 11 is 0. The number of carbonyl (C=O) groups is 2. The third kappa shape index (κ3) is 6.90. The van der Waals surface area contributed by atoms with Crippen molar-refractivity contribution >= 4 is 11.8 Å². The summed E-state index contributed by atoms with van der Waals surface area (Å²) in [6.45, 7) is 8.47. The van der Waals surface area contributed by atoms with E-state index in [1.54, 1.807) is 11.9 Å². The Morgan fingerprint density at radius 1 is 1.26 bits per heavy atom. The second-order valence-electron chi connectivity index (χ2n) is 7.77. The second kappa shape index (κ2) is 8.67. The summed E-state index contributed by atoms with van der Waals surface area (Å²) in [5, 5.41) is 13.4. The summed E-state index contributed by atoms with van der Waals surface area (Å²) in [6, 6.07) is -0.119. The molecule has 1 aliphatic heterocycles. The van der Waals surface area contributed by atoms with E-state index >= 15 is 0 Å². The number of nitrogens with zero attached hydrogens (tertiary/aromatic N) is 1. The Hall–Kier alpha value is -1.10. The van der Waals surface area contributed by atoms with E-state index in [-0.39, 0.29) is 29.7 Å². The Morgan fingerprint density at radius 3 is 2.48 bits per heavy atom. The molecule has 1 saturated heterocycles. The van der Waals surface area contributed by atoms with Crippen molar-refractivity contribution in [2.24, 2.45) is 11.8 Å². The number of nitrogens with one attached hydrogen (secondary N) is 1. The van der Waals surface area contributed by atoms with Crippen LogP contribution in [0.5, 0.6) is 0 Å². The molecular formula is C18H34N2O3. The van der Waals surface area contributed by atoms with Crippen molar-refractivity contribution in [3.05, 3.63) is 0 Å². The molecular weight excluding hydrogens is 292 g/mol. The third-order valence-electron chi connectivity index (χ3n) is 4.96. The summed E-state index contributed by atoms with van der Waals surface area (Å²) in [6.07, 6.45) is 4.10. The molecule has 0 aliphatic carbocycles. The maximum atomic E-state index is 12.4. The van der Waals surface area contributed by atoms with Crippen LogP contribution in [0, 0.1) is 11.8 Å². The van der Waals surface area contributed by atoms with Gasteiger partial charge in [0.15, 0.2) is 0 Å². The van der Waals surface area contributed by atoms with E-state index in [1.165, 1.54) is 0 Å². The smallest absolute Gasteiger partial charge is 0.224 e. The molecule has 0 spiro atoms. The topological polar surface area (TPSA) is 69.6 Å². The first kappa shape index (κ1) is 19.9. The summed E-state index contributed by atoms with van der Waals surface area (Å²) in [7, 11) is 1.80. The second-order valence-corrected chi connectivity index (χ2v) is 7.77. The molecule has 1 rings (SSSR count). The fourth-order valence-corrected chi connectivity index (χ4v) is 2.99. The van der Waals surface area contributed by atoms with E-state index in [0.717, 1.165) is 19.3 Å². The standard InChI is InChI=1S/C18H34N2O3/c1-13(2)15-12-16(21)20(5)11-7-10-18(4,23)9-6-8-14(3)17(22)19-15/h13-15,23H,6-12H2,1-5H3,(H,19,22)/t14-,15?,18+/m1/s1. The van der Waals surface area contributed by atoms with Crippen LogP contribution in [0.1, 0.15) is 66.2 Å². The largest absolute Gasteiger partial charge is 0.390 e. The van der Waals surface area contributed by atoms with Gasteiger partial charge in [0, 0.05) is 32.0 Å². The molecule has 5 heteroatoms. The Balaban J connectivity index is 2.82. The zero-order chi connectivity index (χ0) is 17.6. The fourth-order valence-electron chi connectivity index (χ4n) is 2.99. The number of hydrogen-bond acceptors (Lipinski definition) is 3. The Bertz CT molecular complexity index is 375. The first-order valence-corrected chi connectivity index (χ1v) is 8.89. The summed E-state index contributed by atoms with van der Waals surface area (Å²) in [4.78, 5) is 26.4. The third-order valence-corrected chi connectivity index (χ3v) is 4.96. The van der Waals surface area contributed by atoms with Crippen molar-refractivity contribution in [3.8, 4) is 0 Å². The van der Waals surface area contributed by atoms with Gasteiger partial charge in [0.25, 0.3) is 0 Å². The van der Waals surface area contributed by atoms with Gasteiger partial charge in [-0.2, -0.15) is 0 Å². The van der Waals surface area contributed by atoms with Gasteiger partial charge >= 0.3 is 0 Å². The Labute approximate surface area is 140 Å². The lowest BCUT2D eigenvalue weighted by Crippen LogP contribution is -2.45. The minimum atomic E-state index is -0.718. The van der Waals surface area contributed by atoms with Crippen LogP contribution >= 0.6 is 0 Å². The van der Waals surface area contributed by atoms with Crippen LogP contribution in [-0.4, -0.2) is 47.1 Å². The van der Waals surface area contributed by atoms with E-state index < -0.39 is 5.60 Å². The zero-order valence-electron chi connectivity index (χ0n) is 15.4. The summed E-state index contributed by atoms with van der Waals surface area (Å²) < 4.78 is 0. The maximum Gasteiger partial charge on any atom is 0.224 e. The van der Waals surface area contributed by atoms with Crippen molar-refractivity contribution in [2.75, 3.05) is 13.6 Å². The summed E-state index contributed by atoms with van der Waals surface area (Å²) in [5.74, 6) is 0.184. The predicted octanol–water partition coefficient (Wildman–Crippen LogP) is 2.33. The average Bonchev–Trinajstić information content (AvgIpc) is 2.44. The number of rotatable bonds is 1. The van der Waals surface area contributed by atoms with E-state index in [1.807, 2.05) is 27.7 Å². The van der Waals surface area contributed by atoms with Crippen molar-refractivity contribution in [1.29, 1.82) is 0 Å². The van der Waals surface area contributed by atoms with Gasteiger partial charge in [-0.05, 0) is 44.9 Å². The molecule has 2 amide bonds. The van der Waals surface area contributed by atoms with Crippen molar-refractivity contribution in [3.63, 3.8) is 0 Å². The van der Waals surface area contributed by atoms with Crippen LogP contribution in [0.15, 0.2) is 0 Å². The quantitative estimate of drug-likeness (QED) is 0.777. The normalized spacial score (nSPS) is 32.6. The molecule has 2 N–H and O–H groups in total. The van der Waals surface area contributed by atoms with Crippen molar-refractivity contribution in [1.82, 2.24) is 10.2 Å². The van der Waals surface area contributed by atoms with Crippen LogP contribution in [0.2, 0.25) is 0 Å². The van der Waals surface area contributed by atoms with Gasteiger partial charge < -0.3 is 15.3 Å². The van der Waals surface area contributed by atoms with Crippen LogP contribution < -0.4 is 5.32 Å². The summed E-state index contributed by atoms with van der Waals surface area (Å²) in [5.41, 5.74) is -0.718. The Morgan fingerprint density at radius 2 is 1.87 bits per heavy atom. The lowest BCUT2D eigenvalue weighted by Gasteiger charge is -2.29. The van der Waals surface area contributed by atoms with E-state index in [0.29, 0.717) is 25.8 Å². The maximum absolute atomic E-state index is 12.4. The number of aliphatic hydroxyl groups is 1. The average molecular weight is 326 g/mol. The van der Waals surface area contributed by atoms with Gasteiger partial charge in [-0.3, -0.25) is 9.59 Å².